The highest BCUT2D eigenvalue weighted by Gasteiger charge is 2.26. The van der Waals surface area contributed by atoms with Crippen molar-refractivity contribution in [2.24, 2.45) is 5.92 Å². The Kier molecular flexibility index (Phi) is 7.05. The number of nitrogens with zero attached hydrogens (tertiary/aromatic N) is 1. The Morgan fingerprint density at radius 2 is 1.79 bits per heavy atom. The second-order valence-electron chi connectivity index (χ2n) is 6.81. The lowest BCUT2D eigenvalue weighted by Gasteiger charge is -2.31. The standard InChI is InChI=1S/C21H24Cl2N2O3/c1-27-15-6-7-19(20(12-15)28-2)24-21(26)14-8-10-25(11-9-14)13-16-17(22)4-3-5-18(16)23/h3-7,12,14H,8-11,13H2,1-2H3,(H,24,26). The van der Waals surface area contributed by atoms with Crippen LogP contribution in [0.4, 0.5) is 5.69 Å². The first-order chi connectivity index (χ1) is 13.5. The number of rotatable bonds is 6. The Bertz CT molecular complexity index is 816. The zero-order valence-corrected chi connectivity index (χ0v) is 17.5. The number of carbonyl (C=O) groups excluding carboxylic acids is 1. The number of benzene rings is 2. The van der Waals surface area contributed by atoms with Gasteiger partial charge in [0.1, 0.15) is 11.5 Å². The van der Waals surface area contributed by atoms with Crippen LogP contribution in [0.2, 0.25) is 10.0 Å². The van der Waals surface area contributed by atoms with E-state index in [0.29, 0.717) is 33.8 Å². The first-order valence-electron chi connectivity index (χ1n) is 9.20. The van der Waals surface area contributed by atoms with Crippen LogP contribution in [0, 0.1) is 5.92 Å². The van der Waals surface area contributed by atoms with Gasteiger partial charge in [-0.05, 0) is 50.2 Å². The van der Waals surface area contributed by atoms with Crippen LogP contribution in [0.15, 0.2) is 36.4 Å². The number of halogens is 2. The van der Waals surface area contributed by atoms with E-state index in [1.54, 1.807) is 32.4 Å². The van der Waals surface area contributed by atoms with E-state index in [1.165, 1.54) is 0 Å². The molecule has 1 heterocycles. The SMILES string of the molecule is COc1ccc(NC(=O)C2CCN(Cc3c(Cl)cccc3Cl)CC2)c(OC)c1. The fourth-order valence-corrected chi connectivity index (χ4v) is 3.91. The molecular weight excluding hydrogens is 399 g/mol. The van der Waals surface area contributed by atoms with Gasteiger partial charge in [-0.3, -0.25) is 9.69 Å². The number of hydrogen-bond donors (Lipinski definition) is 1. The largest absolute Gasteiger partial charge is 0.497 e. The molecule has 0 bridgehead atoms. The lowest BCUT2D eigenvalue weighted by atomic mass is 9.95. The molecule has 2 aromatic carbocycles. The highest BCUT2D eigenvalue weighted by Crippen LogP contribution is 2.31. The van der Waals surface area contributed by atoms with Crippen molar-refractivity contribution in [3.05, 3.63) is 52.0 Å². The lowest BCUT2D eigenvalue weighted by molar-refractivity contribution is -0.121. The third-order valence-electron chi connectivity index (χ3n) is 5.07. The number of carbonyl (C=O) groups is 1. The minimum absolute atomic E-state index is 0.0129. The van der Waals surface area contributed by atoms with E-state index in [2.05, 4.69) is 10.2 Å². The third kappa shape index (κ3) is 4.90. The van der Waals surface area contributed by atoms with E-state index in [-0.39, 0.29) is 11.8 Å². The molecule has 1 aliphatic heterocycles. The minimum Gasteiger partial charge on any atom is -0.497 e. The number of hydrogen-bond acceptors (Lipinski definition) is 4. The number of amides is 1. The highest BCUT2D eigenvalue weighted by molar-refractivity contribution is 6.35. The topological polar surface area (TPSA) is 50.8 Å². The quantitative estimate of drug-likeness (QED) is 0.721. The molecule has 0 saturated carbocycles. The number of nitrogens with one attached hydrogen (secondary N) is 1. The van der Waals surface area contributed by atoms with Gasteiger partial charge in [0.15, 0.2) is 0 Å². The maximum absolute atomic E-state index is 12.7. The number of likely N-dealkylation sites (tertiary alicyclic amines) is 1. The molecule has 3 rings (SSSR count). The van der Waals surface area contributed by atoms with Gasteiger partial charge >= 0.3 is 0 Å². The zero-order chi connectivity index (χ0) is 20.1. The monoisotopic (exact) mass is 422 g/mol. The summed E-state index contributed by atoms with van der Waals surface area (Å²) in [5, 5.41) is 4.34. The summed E-state index contributed by atoms with van der Waals surface area (Å²) in [4.78, 5) is 15.0. The Hall–Kier alpha value is -1.95. The molecule has 28 heavy (non-hydrogen) atoms. The molecule has 0 aliphatic carbocycles. The summed E-state index contributed by atoms with van der Waals surface area (Å²) < 4.78 is 10.5. The van der Waals surface area contributed by atoms with Crippen molar-refractivity contribution in [1.82, 2.24) is 4.90 Å². The molecule has 5 nitrogen and oxygen atoms in total. The van der Waals surface area contributed by atoms with Gasteiger partial charge in [-0.2, -0.15) is 0 Å². The van der Waals surface area contributed by atoms with E-state index in [0.717, 1.165) is 31.5 Å². The molecule has 1 N–H and O–H groups in total. The van der Waals surface area contributed by atoms with Gasteiger partial charge < -0.3 is 14.8 Å². The van der Waals surface area contributed by atoms with Crippen molar-refractivity contribution in [3.8, 4) is 11.5 Å². The van der Waals surface area contributed by atoms with Crippen LogP contribution in [0.5, 0.6) is 11.5 Å². The van der Waals surface area contributed by atoms with E-state index < -0.39 is 0 Å². The number of ether oxygens (including phenoxy) is 2. The second kappa shape index (κ2) is 9.50. The molecule has 1 aliphatic rings. The van der Waals surface area contributed by atoms with Crippen LogP contribution in [-0.4, -0.2) is 38.1 Å². The Labute approximate surface area is 175 Å². The molecule has 1 amide bonds. The smallest absolute Gasteiger partial charge is 0.227 e. The van der Waals surface area contributed by atoms with Gasteiger partial charge in [0.25, 0.3) is 0 Å². The number of methoxy groups -OCH3 is 2. The van der Waals surface area contributed by atoms with Crippen LogP contribution in [0.25, 0.3) is 0 Å². The van der Waals surface area contributed by atoms with Crippen molar-refractivity contribution in [1.29, 1.82) is 0 Å². The third-order valence-corrected chi connectivity index (χ3v) is 5.78. The molecule has 1 fully saturated rings. The maximum Gasteiger partial charge on any atom is 0.227 e. The normalized spacial score (nSPS) is 15.3. The zero-order valence-electron chi connectivity index (χ0n) is 16.0. The summed E-state index contributed by atoms with van der Waals surface area (Å²) in [7, 11) is 3.17. The van der Waals surface area contributed by atoms with E-state index in [4.69, 9.17) is 32.7 Å². The number of piperidine rings is 1. The van der Waals surface area contributed by atoms with E-state index in [1.807, 2.05) is 18.2 Å². The summed E-state index contributed by atoms with van der Waals surface area (Å²) in [5.74, 6) is 1.24. The molecule has 0 unspecified atom stereocenters. The summed E-state index contributed by atoms with van der Waals surface area (Å²) in [5.41, 5.74) is 1.59. The van der Waals surface area contributed by atoms with Gasteiger partial charge in [0, 0.05) is 34.1 Å². The lowest BCUT2D eigenvalue weighted by Crippen LogP contribution is -2.37. The van der Waals surface area contributed by atoms with E-state index >= 15 is 0 Å². The van der Waals surface area contributed by atoms with Crippen LogP contribution < -0.4 is 14.8 Å². The molecule has 0 spiro atoms. The van der Waals surface area contributed by atoms with Crippen LogP contribution in [0.1, 0.15) is 18.4 Å². The fraction of sp³-hybridized carbons (Fsp3) is 0.381. The van der Waals surface area contributed by atoms with Gasteiger partial charge in [0.2, 0.25) is 5.91 Å². The molecule has 0 atom stereocenters. The molecule has 0 radical (unpaired) electrons. The first-order valence-corrected chi connectivity index (χ1v) is 9.95. The van der Waals surface area contributed by atoms with Gasteiger partial charge in [-0.15, -0.1) is 0 Å². The average molecular weight is 423 g/mol. The Balaban J connectivity index is 1.57. The van der Waals surface area contributed by atoms with Crippen molar-refractivity contribution in [2.45, 2.75) is 19.4 Å². The maximum atomic E-state index is 12.7. The molecule has 2 aromatic rings. The molecule has 0 aromatic heterocycles. The first kappa shape index (κ1) is 20.8. The molecular formula is C21H24Cl2N2O3. The van der Waals surface area contributed by atoms with Crippen LogP contribution >= 0.6 is 23.2 Å². The van der Waals surface area contributed by atoms with Crippen molar-refractivity contribution in [2.75, 3.05) is 32.6 Å². The van der Waals surface area contributed by atoms with Gasteiger partial charge in [0.05, 0.1) is 19.9 Å². The molecule has 7 heteroatoms. The Morgan fingerprint density at radius 1 is 1.11 bits per heavy atom. The minimum atomic E-state index is -0.0372. The summed E-state index contributed by atoms with van der Waals surface area (Å²) >= 11 is 12.5. The van der Waals surface area contributed by atoms with Crippen LogP contribution in [-0.2, 0) is 11.3 Å². The van der Waals surface area contributed by atoms with Crippen molar-refractivity contribution < 1.29 is 14.3 Å². The number of anilines is 1. The molecule has 150 valence electrons. The Morgan fingerprint density at radius 3 is 2.39 bits per heavy atom. The average Bonchev–Trinajstić information content (AvgIpc) is 2.71. The summed E-state index contributed by atoms with van der Waals surface area (Å²) in [6, 6.07) is 10.9. The second-order valence-corrected chi connectivity index (χ2v) is 7.62. The highest BCUT2D eigenvalue weighted by atomic mass is 35.5. The predicted octanol–water partition coefficient (Wildman–Crippen LogP) is 4.86. The van der Waals surface area contributed by atoms with E-state index in [9.17, 15) is 4.79 Å². The summed E-state index contributed by atoms with van der Waals surface area (Å²) in [6.45, 7) is 2.33. The predicted molar refractivity (Wildman–Crippen MR) is 113 cm³/mol. The van der Waals surface area contributed by atoms with Gasteiger partial charge in [-0.1, -0.05) is 29.3 Å². The van der Waals surface area contributed by atoms with Gasteiger partial charge in [-0.25, -0.2) is 0 Å². The van der Waals surface area contributed by atoms with Crippen LogP contribution in [0.3, 0.4) is 0 Å². The fourth-order valence-electron chi connectivity index (χ4n) is 3.40. The molecule has 1 saturated heterocycles. The van der Waals surface area contributed by atoms with Crippen molar-refractivity contribution >= 4 is 34.8 Å². The van der Waals surface area contributed by atoms with Crippen molar-refractivity contribution in [3.63, 3.8) is 0 Å². The summed E-state index contributed by atoms with van der Waals surface area (Å²) in [6.07, 6.45) is 1.57.